The Morgan fingerprint density at radius 1 is 0.788 bits per heavy atom. The number of hydrogen-bond acceptors (Lipinski definition) is 3. The number of hydrogen-bond donors (Lipinski definition) is 1. The van der Waals surface area contributed by atoms with Gasteiger partial charge in [0.15, 0.2) is 5.78 Å². The first kappa shape index (κ1) is 20.6. The Morgan fingerprint density at radius 2 is 1.42 bits per heavy atom. The van der Waals surface area contributed by atoms with E-state index in [4.69, 9.17) is 0 Å². The minimum absolute atomic E-state index is 0.291. The molecule has 4 aromatic carbocycles. The van der Waals surface area contributed by atoms with Gasteiger partial charge in [-0.3, -0.25) is 14.5 Å². The van der Waals surface area contributed by atoms with Crippen LogP contribution < -0.4 is 5.32 Å². The maximum atomic E-state index is 13.3. The second-order valence-electron chi connectivity index (χ2n) is 8.37. The highest BCUT2D eigenvalue weighted by atomic mass is 16.2. The highest BCUT2D eigenvalue weighted by molar-refractivity contribution is 6.11. The first-order valence-electron chi connectivity index (χ1n) is 10.8. The summed E-state index contributed by atoms with van der Waals surface area (Å²) in [6, 6.07) is 30.0. The van der Waals surface area contributed by atoms with Crippen molar-refractivity contribution in [2.75, 3.05) is 6.54 Å². The molecule has 3 amide bonds. The van der Waals surface area contributed by atoms with Gasteiger partial charge in [0.25, 0.3) is 5.91 Å². The molecule has 1 fully saturated rings. The number of imide groups is 1. The van der Waals surface area contributed by atoms with Crippen LogP contribution in [0.25, 0.3) is 21.9 Å². The van der Waals surface area contributed by atoms with Crippen LogP contribution in [0, 0.1) is 0 Å². The minimum atomic E-state index is -1.22. The average molecular weight is 434 g/mol. The van der Waals surface area contributed by atoms with Gasteiger partial charge in [0.2, 0.25) is 0 Å². The highest BCUT2D eigenvalue weighted by Crippen LogP contribution is 2.31. The molecule has 0 unspecified atom stereocenters. The van der Waals surface area contributed by atoms with Crippen molar-refractivity contribution < 1.29 is 14.4 Å². The SMILES string of the molecule is C[C@@]1(c2ccc3ccccc3c2)NC(=O)N(CC(=O)c2ccc(-c3ccccc3)cc2)C1=O. The third-order valence-corrected chi connectivity index (χ3v) is 6.22. The lowest BCUT2D eigenvalue weighted by atomic mass is 9.90. The number of benzene rings is 4. The molecule has 1 heterocycles. The average Bonchev–Trinajstić information content (AvgIpc) is 3.08. The molecule has 1 N–H and O–H groups in total. The molecule has 5 rings (SSSR count). The third kappa shape index (κ3) is 3.68. The van der Waals surface area contributed by atoms with Crippen molar-refractivity contribution in [3.05, 3.63) is 108 Å². The molecule has 1 aliphatic heterocycles. The van der Waals surface area contributed by atoms with E-state index in [1.165, 1.54) is 0 Å². The molecular formula is C28H22N2O3. The van der Waals surface area contributed by atoms with Gasteiger partial charge in [-0.15, -0.1) is 0 Å². The fourth-order valence-electron chi connectivity index (χ4n) is 4.25. The van der Waals surface area contributed by atoms with E-state index in [-0.39, 0.29) is 12.3 Å². The first-order valence-corrected chi connectivity index (χ1v) is 10.8. The Labute approximate surface area is 191 Å². The summed E-state index contributed by atoms with van der Waals surface area (Å²) in [5, 5.41) is 4.81. The fraction of sp³-hybridized carbons (Fsp3) is 0.107. The van der Waals surface area contributed by atoms with E-state index in [1.54, 1.807) is 19.1 Å². The van der Waals surface area contributed by atoms with Gasteiger partial charge in [0, 0.05) is 5.56 Å². The van der Waals surface area contributed by atoms with Crippen molar-refractivity contribution in [2.45, 2.75) is 12.5 Å². The second-order valence-corrected chi connectivity index (χ2v) is 8.37. The van der Waals surface area contributed by atoms with Crippen molar-refractivity contribution in [3.63, 3.8) is 0 Å². The number of carbonyl (C=O) groups excluding carboxylic acids is 3. The van der Waals surface area contributed by atoms with E-state index in [9.17, 15) is 14.4 Å². The van der Waals surface area contributed by atoms with E-state index in [2.05, 4.69) is 5.32 Å². The lowest BCUT2D eigenvalue weighted by Crippen LogP contribution is -2.41. The van der Waals surface area contributed by atoms with Gasteiger partial charge in [0.1, 0.15) is 5.54 Å². The number of Topliss-reactive ketones (excluding diaryl/α,β-unsaturated/α-hetero) is 1. The summed E-state index contributed by atoms with van der Waals surface area (Å²) in [4.78, 5) is 39.8. The third-order valence-electron chi connectivity index (χ3n) is 6.22. The van der Waals surface area contributed by atoms with Gasteiger partial charge < -0.3 is 5.32 Å². The van der Waals surface area contributed by atoms with E-state index >= 15 is 0 Å². The molecule has 0 radical (unpaired) electrons. The van der Waals surface area contributed by atoms with Crippen molar-refractivity contribution in [1.29, 1.82) is 0 Å². The lowest BCUT2D eigenvalue weighted by molar-refractivity contribution is -0.130. The van der Waals surface area contributed by atoms with Crippen LogP contribution in [0.15, 0.2) is 97.1 Å². The summed E-state index contributed by atoms with van der Waals surface area (Å²) in [6.07, 6.45) is 0. The van der Waals surface area contributed by atoms with Crippen LogP contribution in [0.2, 0.25) is 0 Å². The first-order chi connectivity index (χ1) is 16.0. The number of ketones is 1. The van der Waals surface area contributed by atoms with Crippen LogP contribution in [0.4, 0.5) is 4.79 Å². The zero-order valence-electron chi connectivity index (χ0n) is 18.1. The standard InChI is InChI=1S/C28H22N2O3/c1-28(24-16-15-20-9-5-6-10-23(20)17-24)26(32)30(27(33)29-28)18-25(31)22-13-11-21(12-14-22)19-7-3-2-4-8-19/h2-17H,18H2,1H3,(H,29,33)/t28-/m0/s1. The number of nitrogens with zero attached hydrogens (tertiary/aromatic N) is 1. The summed E-state index contributed by atoms with van der Waals surface area (Å²) in [6.45, 7) is 1.37. The minimum Gasteiger partial charge on any atom is -0.319 e. The van der Waals surface area contributed by atoms with Gasteiger partial charge in [-0.1, -0.05) is 91.0 Å². The monoisotopic (exact) mass is 434 g/mol. The predicted molar refractivity (Wildman–Crippen MR) is 128 cm³/mol. The normalized spacial score (nSPS) is 17.9. The van der Waals surface area contributed by atoms with E-state index in [0.717, 1.165) is 26.8 Å². The van der Waals surface area contributed by atoms with Crippen molar-refractivity contribution in [2.24, 2.45) is 0 Å². The van der Waals surface area contributed by atoms with Crippen LogP contribution >= 0.6 is 0 Å². The van der Waals surface area contributed by atoms with Crippen LogP contribution in [0.3, 0.4) is 0 Å². The molecule has 0 spiro atoms. The van der Waals surface area contributed by atoms with E-state index < -0.39 is 17.5 Å². The Morgan fingerprint density at radius 3 is 2.15 bits per heavy atom. The number of nitrogens with one attached hydrogen (secondary N) is 1. The number of rotatable bonds is 5. The Balaban J connectivity index is 1.36. The molecule has 0 saturated carbocycles. The van der Waals surface area contributed by atoms with Gasteiger partial charge in [-0.05, 0) is 40.5 Å². The quantitative estimate of drug-likeness (QED) is 0.349. The lowest BCUT2D eigenvalue weighted by Gasteiger charge is -2.22. The Hall–Kier alpha value is -4.25. The van der Waals surface area contributed by atoms with E-state index in [0.29, 0.717) is 11.1 Å². The maximum absolute atomic E-state index is 13.3. The molecular weight excluding hydrogens is 412 g/mol. The van der Waals surface area contributed by atoms with Gasteiger partial charge >= 0.3 is 6.03 Å². The Kier molecular flexibility index (Phi) is 5.02. The Bertz CT molecular complexity index is 1380. The molecule has 0 bridgehead atoms. The summed E-state index contributed by atoms with van der Waals surface area (Å²) >= 11 is 0. The summed E-state index contributed by atoms with van der Waals surface area (Å²) in [7, 11) is 0. The summed E-state index contributed by atoms with van der Waals surface area (Å²) < 4.78 is 0. The van der Waals surface area contributed by atoms with Gasteiger partial charge in [-0.2, -0.15) is 0 Å². The summed E-state index contributed by atoms with van der Waals surface area (Å²) in [5.74, 6) is -0.724. The zero-order chi connectivity index (χ0) is 23.0. The molecule has 1 saturated heterocycles. The number of urea groups is 1. The second kappa shape index (κ2) is 8.02. The van der Waals surface area contributed by atoms with Crippen LogP contribution in [-0.2, 0) is 10.3 Å². The van der Waals surface area contributed by atoms with Crippen molar-refractivity contribution in [1.82, 2.24) is 10.2 Å². The van der Waals surface area contributed by atoms with Crippen LogP contribution in [0.5, 0.6) is 0 Å². The van der Waals surface area contributed by atoms with Crippen LogP contribution in [-0.4, -0.2) is 29.2 Å². The molecule has 1 aliphatic rings. The molecule has 5 heteroatoms. The molecule has 162 valence electrons. The highest BCUT2D eigenvalue weighted by Gasteiger charge is 2.49. The number of carbonyl (C=O) groups is 3. The molecule has 33 heavy (non-hydrogen) atoms. The van der Waals surface area contributed by atoms with Gasteiger partial charge in [-0.25, -0.2) is 4.79 Å². The van der Waals surface area contributed by atoms with Crippen LogP contribution in [0.1, 0.15) is 22.8 Å². The zero-order valence-corrected chi connectivity index (χ0v) is 18.1. The molecule has 0 aliphatic carbocycles. The van der Waals surface area contributed by atoms with E-state index in [1.807, 2.05) is 84.9 Å². The smallest absolute Gasteiger partial charge is 0.319 e. The largest absolute Gasteiger partial charge is 0.325 e. The molecule has 1 atom stereocenters. The molecule has 4 aromatic rings. The summed E-state index contributed by atoms with van der Waals surface area (Å²) in [5.41, 5.74) is 1.96. The van der Waals surface area contributed by atoms with Crippen molar-refractivity contribution >= 4 is 28.5 Å². The molecule has 5 nitrogen and oxygen atoms in total. The topological polar surface area (TPSA) is 66.5 Å². The maximum Gasteiger partial charge on any atom is 0.325 e. The predicted octanol–water partition coefficient (Wildman–Crippen LogP) is 5.16. The molecule has 0 aromatic heterocycles. The fourth-order valence-corrected chi connectivity index (χ4v) is 4.25. The number of fused-ring (bicyclic) bond motifs is 1. The van der Waals surface area contributed by atoms with Crippen molar-refractivity contribution in [3.8, 4) is 11.1 Å². The number of amides is 3. The van der Waals surface area contributed by atoms with Gasteiger partial charge in [0.05, 0.1) is 6.54 Å².